The Morgan fingerprint density at radius 3 is 2.73 bits per heavy atom. The number of nitrogens with one attached hydrogen (secondary N) is 1. The topological polar surface area (TPSA) is 25.0 Å². The van der Waals surface area contributed by atoms with E-state index in [1.165, 1.54) is 22.2 Å². The summed E-state index contributed by atoms with van der Waals surface area (Å²) in [6, 6.07) is 18.6. The van der Waals surface area contributed by atoms with Crippen molar-refractivity contribution in [1.82, 2.24) is 4.98 Å². The fourth-order valence-corrected chi connectivity index (χ4v) is 2.75. The maximum atomic E-state index is 5.89. The molecule has 0 atom stereocenters. The molecule has 2 nitrogen and oxygen atoms in total. The first kappa shape index (κ1) is 13.0. The first-order chi connectivity index (χ1) is 10.9. The third kappa shape index (κ3) is 2.56. The Morgan fingerprint density at radius 1 is 1.00 bits per heavy atom. The summed E-state index contributed by atoms with van der Waals surface area (Å²) in [7, 11) is 0. The number of aromatic nitrogens is 1. The number of benzene rings is 2. The van der Waals surface area contributed by atoms with E-state index in [0.29, 0.717) is 6.61 Å². The van der Waals surface area contributed by atoms with Gasteiger partial charge in [0, 0.05) is 22.7 Å². The maximum Gasteiger partial charge on any atom is 0.121 e. The molecule has 0 spiro atoms. The highest BCUT2D eigenvalue weighted by molar-refractivity contribution is 5.88. The zero-order chi connectivity index (χ0) is 14.8. The summed E-state index contributed by atoms with van der Waals surface area (Å²) in [6.07, 6.45) is 7.60. The highest BCUT2D eigenvalue weighted by atomic mass is 16.5. The molecule has 0 aliphatic heterocycles. The molecule has 0 fully saturated rings. The molecule has 3 aromatic rings. The second kappa shape index (κ2) is 5.57. The minimum absolute atomic E-state index is 0.591. The lowest BCUT2D eigenvalue weighted by Crippen LogP contribution is -1.94. The van der Waals surface area contributed by atoms with E-state index in [1.54, 1.807) is 0 Å². The first-order valence-corrected chi connectivity index (χ1v) is 7.55. The largest absolute Gasteiger partial charge is 0.489 e. The second-order valence-electron chi connectivity index (χ2n) is 5.50. The van der Waals surface area contributed by atoms with Crippen LogP contribution in [-0.4, -0.2) is 4.98 Å². The van der Waals surface area contributed by atoms with Crippen LogP contribution in [0.5, 0.6) is 5.75 Å². The Labute approximate surface area is 129 Å². The van der Waals surface area contributed by atoms with Crippen LogP contribution in [0.1, 0.15) is 17.7 Å². The van der Waals surface area contributed by atoms with Crippen LogP contribution < -0.4 is 4.74 Å². The predicted molar refractivity (Wildman–Crippen MR) is 90.8 cm³/mol. The monoisotopic (exact) mass is 287 g/mol. The molecule has 1 heterocycles. The quantitative estimate of drug-likeness (QED) is 0.710. The average molecular weight is 287 g/mol. The van der Waals surface area contributed by atoms with Gasteiger partial charge in [-0.3, -0.25) is 0 Å². The van der Waals surface area contributed by atoms with E-state index in [9.17, 15) is 0 Å². The molecule has 0 saturated carbocycles. The van der Waals surface area contributed by atoms with Gasteiger partial charge in [0.1, 0.15) is 12.4 Å². The predicted octanol–water partition coefficient (Wildman–Crippen LogP) is 5.09. The van der Waals surface area contributed by atoms with Gasteiger partial charge in [0.25, 0.3) is 0 Å². The van der Waals surface area contributed by atoms with Crippen LogP contribution in [-0.2, 0) is 6.61 Å². The average Bonchev–Trinajstić information content (AvgIpc) is 3.22. The van der Waals surface area contributed by atoms with Gasteiger partial charge in [0.15, 0.2) is 0 Å². The lowest BCUT2D eigenvalue weighted by molar-refractivity contribution is 0.306. The van der Waals surface area contributed by atoms with Gasteiger partial charge in [0.05, 0.1) is 0 Å². The minimum atomic E-state index is 0.591. The molecule has 2 heteroatoms. The SMILES string of the molecule is C1=CC(c2cc3ccc(OCc4ccccc4)cc3[nH]2)=CC1. The lowest BCUT2D eigenvalue weighted by atomic mass is 10.2. The van der Waals surface area contributed by atoms with E-state index >= 15 is 0 Å². The van der Waals surface area contributed by atoms with Gasteiger partial charge in [-0.15, -0.1) is 0 Å². The van der Waals surface area contributed by atoms with Gasteiger partial charge in [-0.1, -0.05) is 48.6 Å². The second-order valence-corrected chi connectivity index (χ2v) is 5.50. The molecular formula is C20H17NO. The normalized spacial score (nSPS) is 13.5. The van der Waals surface area contributed by atoms with Crippen molar-refractivity contribution in [3.8, 4) is 5.75 Å². The zero-order valence-electron chi connectivity index (χ0n) is 12.3. The fourth-order valence-electron chi connectivity index (χ4n) is 2.75. The number of H-pyrrole nitrogens is 1. The summed E-state index contributed by atoms with van der Waals surface area (Å²) in [4.78, 5) is 3.48. The molecule has 1 aromatic heterocycles. The Morgan fingerprint density at radius 2 is 1.91 bits per heavy atom. The Balaban J connectivity index is 1.56. The Kier molecular flexibility index (Phi) is 3.28. The molecular weight excluding hydrogens is 270 g/mol. The summed E-state index contributed by atoms with van der Waals surface area (Å²) >= 11 is 0. The van der Waals surface area contributed by atoms with Crippen LogP contribution in [0.4, 0.5) is 0 Å². The van der Waals surface area contributed by atoms with E-state index in [4.69, 9.17) is 4.74 Å². The zero-order valence-corrected chi connectivity index (χ0v) is 12.3. The Hall–Kier alpha value is -2.74. The van der Waals surface area contributed by atoms with Crippen molar-refractivity contribution >= 4 is 16.5 Å². The molecule has 0 unspecified atom stereocenters. The number of allylic oxidation sites excluding steroid dienone is 4. The van der Waals surface area contributed by atoms with Crippen LogP contribution in [0.2, 0.25) is 0 Å². The van der Waals surface area contributed by atoms with Crippen LogP contribution >= 0.6 is 0 Å². The highest BCUT2D eigenvalue weighted by Gasteiger charge is 2.07. The molecule has 0 radical (unpaired) electrons. The number of ether oxygens (including phenoxy) is 1. The van der Waals surface area contributed by atoms with Crippen molar-refractivity contribution in [1.29, 1.82) is 0 Å². The molecule has 1 aliphatic carbocycles. The van der Waals surface area contributed by atoms with E-state index in [0.717, 1.165) is 17.7 Å². The molecule has 0 saturated heterocycles. The van der Waals surface area contributed by atoms with Crippen LogP contribution in [0.3, 0.4) is 0 Å². The third-order valence-corrected chi connectivity index (χ3v) is 3.92. The van der Waals surface area contributed by atoms with E-state index in [1.807, 2.05) is 24.3 Å². The standard InChI is InChI=1S/C20H17NO/c1-2-6-15(7-3-1)14-22-18-11-10-17-12-19(21-20(17)13-18)16-8-4-5-9-16/h1-4,6-13,21H,5,14H2. The van der Waals surface area contributed by atoms with Crippen molar-refractivity contribution in [3.05, 3.63) is 84.1 Å². The molecule has 0 amide bonds. The summed E-state index contributed by atoms with van der Waals surface area (Å²) < 4.78 is 5.89. The van der Waals surface area contributed by atoms with Gasteiger partial charge in [-0.2, -0.15) is 0 Å². The van der Waals surface area contributed by atoms with Crippen molar-refractivity contribution in [2.45, 2.75) is 13.0 Å². The summed E-state index contributed by atoms with van der Waals surface area (Å²) in [5, 5.41) is 1.21. The number of fused-ring (bicyclic) bond motifs is 1. The maximum absolute atomic E-state index is 5.89. The van der Waals surface area contributed by atoms with Gasteiger partial charge < -0.3 is 9.72 Å². The fraction of sp³-hybridized carbons (Fsp3) is 0.100. The number of aromatic amines is 1. The van der Waals surface area contributed by atoms with Crippen molar-refractivity contribution in [2.24, 2.45) is 0 Å². The van der Waals surface area contributed by atoms with Gasteiger partial charge in [0.2, 0.25) is 0 Å². The van der Waals surface area contributed by atoms with Gasteiger partial charge in [-0.05, 0) is 35.8 Å². The van der Waals surface area contributed by atoms with E-state index in [-0.39, 0.29) is 0 Å². The molecule has 22 heavy (non-hydrogen) atoms. The molecule has 0 bridgehead atoms. The number of hydrogen-bond donors (Lipinski definition) is 1. The van der Waals surface area contributed by atoms with Crippen LogP contribution in [0.25, 0.3) is 16.5 Å². The van der Waals surface area contributed by atoms with Crippen molar-refractivity contribution in [3.63, 3.8) is 0 Å². The summed E-state index contributed by atoms with van der Waals surface area (Å²) in [6.45, 7) is 0.591. The first-order valence-electron chi connectivity index (χ1n) is 7.55. The summed E-state index contributed by atoms with van der Waals surface area (Å²) in [5.41, 5.74) is 4.73. The summed E-state index contributed by atoms with van der Waals surface area (Å²) in [5.74, 6) is 0.890. The van der Waals surface area contributed by atoms with Gasteiger partial charge >= 0.3 is 0 Å². The minimum Gasteiger partial charge on any atom is -0.489 e. The van der Waals surface area contributed by atoms with Crippen molar-refractivity contribution < 1.29 is 4.74 Å². The molecule has 1 N–H and O–H groups in total. The molecule has 108 valence electrons. The van der Waals surface area contributed by atoms with Gasteiger partial charge in [-0.25, -0.2) is 0 Å². The molecule has 4 rings (SSSR count). The highest BCUT2D eigenvalue weighted by Crippen LogP contribution is 2.27. The smallest absolute Gasteiger partial charge is 0.121 e. The lowest BCUT2D eigenvalue weighted by Gasteiger charge is -2.06. The third-order valence-electron chi connectivity index (χ3n) is 3.92. The molecule has 2 aromatic carbocycles. The van der Waals surface area contributed by atoms with E-state index in [2.05, 4.69) is 53.5 Å². The Bertz CT molecular complexity index is 856. The number of hydrogen-bond acceptors (Lipinski definition) is 1. The molecule has 1 aliphatic rings. The number of rotatable bonds is 4. The van der Waals surface area contributed by atoms with Crippen LogP contribution in [0.15, 0.2) is 72.8 Å². The van der Waals surface area contributed by atoms with E-state index < -0.39 is 0 Å². The van der Waals surface area contributed by atoms with Crippen LogP contribution in [0, 0.1) is 0 Å². The van der Waals surface area contributed by atoms with Crippen molar-refractivity contribution in [2.75, 3.05) is 0 Å².